The van der Waals surface area contributed by atoms with E-state index in [4.69, 9.17) is 23.9 Å². The predicted octanol–water partition coefficient (Wildman–Crippen LogP) is 6.55. The molecule has 0 radical (unpaired) electrons. The third kappa shape index (κ3) is 4.41. The summed E-state index contributed by atoms with van der Waals surface area (Å²) < 4.78 is 19.8. The number of anilines is 2. The molecule has 2 aromatic carbocycles. The minimum atomic E-state index is 0.126. The Morgan fingerprint density at radius 2 is 1.88 bits per heavy atom. The summed E-state index contributed by atoms with van der Waals surface area (Å²) in [5.74, 6) is 2.28. The maximum Gasteiger partial charge on any atom is 0.232 e. The highest BCUT2D eigenvalue weighted by molar-refractivity contribution is 5.99. The van der Waals surface area contributed by atoms with Crippen molar-refractivity contribution in [3.63, 3.8) is 0 Å². The summed E-state index contributed by atoms with van der Waals surface area (Å²) in [7, 11) is 3.55. The molecule has 0 saturated heterocycles. The van der Waals surface area contributed by atoms with E-state index in [0.29, 0.717) is 29.1 Å². The van der Waals surface area contributed by atoms with Crippen LogP contribution in [0, 0.1) is 6.92 Å². The van der Waals surface area contributed by atoms with Crippen LogP contribution in [0.5, 0.6) is 11.6 Å². The first kappa shape index (κ1) is 24.2. The number of hydrogen-bond donors (Lipinski definition) is 2. The van der Waals surface area contributed by atoms with Gasteiger partial charge in [-0.3, -0.25) is 4.68 Å². The van der Waals surface area contributed by atoms with Crippen molar-refractivity contribution >= 4 is 33.8 Å². The van der Waals surface area contributed by atoms with Crippen molar-refractivity contribution in [3.8, 4) is 33.9 Å². The zero-order chi connectivity index (χ0) is 27.2. The number of benzene rings is 2. The van der Waals surface area contributed by atoms with Gasteiger partial charge in [-0.2, -0.15) is 15.1 Å². The van der Waals surface area contributed by atoms with Crippen molar-refractivity contribution in [3.05, 3.63) is 60.9 Å². The number of aromatic nitrogens is 6. The predicted molar refractivity (Wildman–Crippen MR) is 153 cm³/mol. The van der Waals surface area contributed by atoms with Crippen LogP contribution in [0.4, 0.5) is 11.6 Å². The molecule has 4 aromatic heterocycles. The van der Waals surface area contributed by atoms with Crippen LogP contribution >= 0.6 is 0 Å². The van der Waals surface area contributed by atoms with Crippen LogP contribution < -0.4 is 14.8 Å². The number of H-pyrrole nitrogens is 1. The first-order valence-corrected chi connectivity index (χ1v) is 13.4. The molecule has 10 heteroatoms. The lowest BCUT2D eigenvalue weighted by atomic mass is 10.1. The minimum Gasteiger partial charge on any atom is -0.495 e. The summed E-state index contributed by atoms with van der Waals surface area (Å²) in [6.07, 6.45) is 10.2. The van der Waals surface area contributed by atoms with E-state index in [1.165, 1.54) is 0 Å². The summed E-state index contributed by atoms with van der Waals surface area (Å²) in [6, 6.07) is 12.0. The zero-order valence-corrected chi connectivity index (χ0v) is 22.6. The van der Waals surface area contributed by atoms with E-state index in [9.17, 15) is 0 Å². The first-order valence-electron chi connectivity index (χ1n) is 13.4. The second kappa shape index (κ2) is 9.71. The van der Waals surface area contributed by atoms with Crippen LogP contribution in [0.15, 0.2) is 59.4 Å². The Morgan fingerprint density at radius 3 is 2.67 bits per heavy atom. The number of methoxy groups -OCH3 is 1. The average Bonchev–Trinajstić information content (AvgIpc) is 3.75. The van der Waals surface area contributed by atoms with Crippen LogP contribution in [-0.4, -0.2) is 42.9 Å². The van der Waals surface area contributed by atoms with Gasteiger partial charge >= 0.3 is 0 Å². The second-order valence-electron chi connectivity index (χ2n) is 10.2. The third-order valence-electron chi connectivity index (χ3n) is 7.37. The monoisotopic (exact) mass is 535 g/mol. The second-order valence-corrected chi connectivity index (χ2v) is 10.2. The molecule has 202 valence electrons. The van der Waals surface area contributed by atoms with E-state index in [0.717, 1.165) is 70.1 Å². The SMILES string of the molecule is COc1cc(-c2cnn(C)c2)ccc1Nc1nc(OC2CCCC2)c2c(-c3ccc4nc(C)oc4c3)c[nH]c2n1. The van der Waals surface area contributed by atoms with Crippen molar-refractivity contribution in [1.29, 1.82) is 0 Å². The smallest absolute Gasteiger partial charge is 0.232 e. The summed E-state index contributed by atoms with van der Waals surface area (Å²) in [5.41, 5.74) is 6.94. The number of ether oxygens (including phenoxy) is 2. The fourth-order valence-electron chi connectivity index (χ4n) is 5.41. The molecule has 10 nitrogen and oxygen atoms in total. The maximum absolute atomic E-state index is 6.53. The van der Waals surface area contributed by atoms with Crippen LogP contribution in [0.1, 0.15) is 31.6 Å². The molecule has 0 aliphatic heterocycles. The van der Waals surface area contributed by atoms with Crippen LogP contribution in [0.2, 0.25) is 0 Å². The lowest BCUT2D eigenvalue weighted by Crippen LogP contribution is -2.13. The van der Waals surface area contributed by atoms with Crippen molar-refractivity contribution < 1.29 is 13.9 Å². The van der Waals surface area contributed by atoms with E-state index in [1.807, 2.05) is 69.0 Å². The summed E-state index contributed by atoms with van der Waals surface area (Å²) in [6.45, 7) is 1.85. The van der Waals surface area contributed by atoms with Gasteiger partial charge in [-0.05, 0) is 61.1 Å². The van der Waals surface area contributed by atoms with Crippen molar-refractivity contribution in [2.24, 2.45) is 7.05 Å². The van der Waals surface area contributed by atoms with E-state index in [2.05, 4.69) is 20.4 Å². The van der Waals surface area contributed by atoms with Crippen LogP contribution in [-0.2, 0) is 7.05 Å². The molecule has 1 aliphatic carbocycles. The van der Waals surface area contributed by atoms with Gasteiger partial charge in [0.05, 0.1) is 24.4 Å². The highest BCUT2D eigenvalue weighted by Crippen LogP contribution is 2.39. The molecule has 1 fully saturated rings. The van der Waals surface area contributed by atoms with E-state index < -0.39 is 0 Å². The van der Waals surface area contributed by atoms with Gasteiger partial charge in [0.25, 0.3) is 0 Å². The van der Waals surface area contributed by atoms with Gasteiger partial charge in [0.1, 0.15) is 23.0 Å². The van der Waals surface area contributed by atoms with Gasteiger partial charge in [0.2, 0.25) is 11.8 Å². The number of aryl methyl sites for hydroxylation is 2. The van der Waals surface area contributed by atoms with Crippen molar-refractivity contribution in [1.82, 2.24) is 29.7 Å². The lowest BCUT2D eigenvalue weighted by Gasteiger charge is -2.16. The minimum absolute atomic E-state index is 0.126. The average molecular weight is 536 g/mol. The first-order chi connectivity index (χ1) is 19.5. The molecule has 0 bridgehead atoms. The number of aromatic amines is 1. The highest BCUT2D eigenvalue weighted by atomic mass is 16.5. The molecule has 1 aliphatic rings. The Morgan fingerprint density at radius 1 is 1.02 bits per heavy atom. The molecule has 0 amide bonds. The maximum atomic E-state index is 6.53. The summed E-state index contributed by atoms with van der Waals surface area (Å²) in [5, 5.41) is 8.46. The fraction of sp³-hybridized carbons (Fsp3) is 0.267. The lowest BCUT2D eigenvalue weighted by molar-refractivity contribution is 0.204. The standard InChI is InChI=1S/C30H29N7O3/c1-17-33-24-11-9-19(13-26(24)39-17)22-15-31-28-27(22)29(40-21-6-4-5-7-21)36-30(35-28)34-23-10-8-18(12-25(23)38-3)20-14-32-37(2)16-20/h8-16,21H,4-7H2,1-3H3,(H2,31,34,35,36). The van der Waals surface area contributed by atoms with E-state index in [1.54, 1.807) is 11.8 Å². The molecule has 40 heavy (non-hydrogen) atoms. The number of hydrogen-bond acceptors (Lipinski definition) is 8. The Labute approximate surface area is 230 Å². The molecule has 0 atom stereocenters. The number of nitrogens with zero attached hydrogens (tertiary/aromatic N) is 5. The summed E-state index contributed by atoms with van der Waals surface area (Å²) >= 11 is 0. The molecular weight excluding hydrogens is 506 g/mol. The summed E-state index contributed by atoms with van der Waals surface area (Å²) in [4.78, 5) is 17.5. The Balaban J connectivity index is 1.28. The Bertz CT molecular complexity index is 1850. The normalized spacial score (nSPS) is 13.9. The van der Waals surface area contributed by atoms with Gasteiger partial charge < -0.3 is 24.2 Å². The van der Waals surface area contributed by atoms with E-state index >= 15 is 0 Å². The Kier molecular flexibility index (Phi) is 5.87. The molecule has 6 aromatic rings. The molecule has 1 saturated carbocycles. The van der Waals surface area contributed by atoms with Crippen LogP contribution in [0.3, 0.4) is 0 Å². The quantitative estimate of drug-likeness (QED) is 0.236. The van der Waals surface area contributed by atoms with Gasteiger partial charge in [-0.25, -0.2) is 4.98 Å². The third-order valence-corrected chi connectivity index (χ3v) is 7.37. The molecule has 2 N–H and O–H groups in total. The molecule has 7 rings (SSSR count). The van der Waals surface area contributed by atoms with Crippen molar-refractivity contribution in [2.75, 3.05) is 12.4 Å². The topological polar surface area (TPSA) is 116 Å². The molecular formula is C30H29N7O3. The van der Waals surface area contributed by atoms with Gasteiger partial charge in [-0.1, -0.05) is 12.1 Å². The fourth-order valence-corrected chi connectivity index (χ4v) is 5.41. The largest absolute Gasteiger partial charge is 0.495 e. The van der Waals surface area contributed by atoms with Gasteiger partial charge in [-0.15, -0.1) is 0 Å². The van der Waals surface area contributed by atoms with Crippen LogP contribution in [0.25, 0.3) is 44.4 Å². The number of fused-ring (bicyclic) bond motifs is 2. The van der Waals surface area contributed by atoms with E-state index in [-0.39, 0.29) is 6.10 Å². The molecule has 0 unspecified atom stereocenters. The van der Waals surface area contributed by atoms with Gasteiger partial charge in [0.15, 0.2) is 11.5 Å². The zero-order valence-electron chi connectivity index (χ0n) is 22.6. The number of nitrogens with one attached hydrogen (secondary N) is 2. The number of oxazole rings is 1. The van der Waals surface area contributed by atoms with Crippen molar-refractivity contribution in [2.45, 2.75) is 38.7 Å². The van der Waals surface area contributed by atoms with Gasteiger partial charge in [0, 0.05) is 37.5 Å². The Hall–Kier alpha value is -4.86. The molecule has 0 spiro atoms. The highest BCUT2D eigenvalue weighted by Gasteiger charge is 2.23. The number of rotatable bonds is 7. The molecule has 4 heterocycles.